The number of nitrogens with zero attached hydrogens (tertiary/aromatic N) is 1. The Labute approximate surface area is 197 Å². The average molecular weight is 483 g/mol. The largest absolute Gasteiger partial charge is 0.507 e. The first-order chi connectivity index (χ1) is 14.7. The summed E-state index contributed by atoms with van der Waals surface area (Å²) >= 11 is 5.94. The zero-order chi connectivity index (χ0) is 24.3. The summed E-state index contributed by atoms with van der Waals surface area (Å²) in [5.41, 5.74) is 2.18. The van der Waals surface area contributed by atoms with Crippen molar-refractivity contribution in [2.45, 2.75) is 72.0 Å². The summed E-state index contributed by atoms with van der Waals surface area (Å²) in [6.45, 7) is 16.2. The van der Waals surface area contributed by atoms with E-state index in [1.807, 2.05) is 53.7 Å². The van der Waals surface area contributed by atoms with E-state index in [1.165, 1.54) is 0 Å². The molecule has 0 spiro atoms. The van der Waals surface area contributed by atoms with Crippen LogP contribution >= 0.6 is 19.2 Å². The van der Waals surface area contributed by atoms with Crippen molar-refractivity contribution in [1.82, 2.24) is 4.98 Å². The predicted molar refractivity (Wildman–Crippen MR) is 132 cm³/mol. The number of benzene rings is 1. The van der Waals surface area contributed by atoms with Crippen LogP contribution in [0.4, 0.5) is 5.69 Å². The molecule has 1 heterocycles. The molecule has 2 N–H and O–H groups in total. The first-order valence-corrected chi connectivity index (χ1v) is 12.9. The number of phenols is 1. The number of phenolic OH excluding ortho intramolecular Hbond substituents is 1. The quantitative estimate of drug-likeness (QED) is 0.301. The number of aromatic hydroxyl groups is 1. The number of anilines is 1. The summed E-state index contributed by atoms with van der Waals surface area (Å²) in [5.74, 6) is -0.559. The lowest BCUT2D eigenvalue weighted by atomic mass is 9.78. The van der Waals surface area contributed by atoms with Gasteiger partial charge < -0.3 is 19.5 Å². The molecule has 32 heavy (non-hydrogen) atoms. The van der Waals surface area contributed by atoms with Crippen LogP contribution in [0.2, 0.25) is 5.15 Å². The van der Waals surface area contributed by atoms with Gasteiger partial charge in [-0.2, -0.15) is 0 Å². The standard InChI is InChI=1S/C24H36ClN2O4P/c1-9-30-32(29,31-10-2)22(27-17-11-12-20(25)26-15-17)16-13-18(23(3,4)5)21(28)19(14-16)24(6,7)8/h11-15,22,27-28H,9-10H2,1-8H3. The Balaban J connectivity index is 2.79. The second-order valence-corrected chi connectivity index (χ2v) is 12.3. The summed E-state index contributed by atoms with van der Waals surface area (Å²) < 4.78 is 25.4. The summed E-state index contributed by atoms with van der Waals surface area (Å²) in [5, 5.41) is 14.8. The normalized spacial score (nSPS) is 13.8. The highest BCUT2D eigenvalue weighted by Crippen LogP contribution is 2.61. The van der Waals surface area contributed by atoms with Crippen molar-refractivity contribution in [2.75, 3.05) is 18.5 Å². The number of aromatic nitrogens is 1. The lowest BCUT2D eigenvalue weighted by Gasteiger charge is -2.32. The van der Waals surface area contributed by atoms with Crippen molar-refractivity contribution in [3.63, 3.8) is 0 Å². The van der Waals surface area contributed by atoms with E-state index in [-0.39, 0.29) is 29.8 Å². The van der Waals surface area contributed by atoms with Gasteiger partial charge in [-0.25, -0.2) is 4.98 Å². The van der Waals surface area contributed by atoms with Crippen molar-refractivity contribution in [3.8, 4) is 5.75 Å². The van der Waals surface area contributed by atoms with E-state index in [0.29, 0.717) is 16.4 Å². The SMILES string of the molecule is CCOP(=O)(OCC)C(Nc1ccc(Cl)nc1)c1cc(C(C)(C)C)c(O)c(C(C)(C)C)c1. The van der Waals surface area contributed by atoms with E-state index in [0.717, 1.165) is 11.1 Å². The van der Waals surface area contributed by atoms with Gasteiger partial charge in [-0.05, 0) is 65.6 Å². The minimum absolute atomic E-state index is 0.227. The van der Waals surface area contributed by atoms with Gasteiger partial charge in [0.1, 0.15) is 10.9 Å². The lowest BCUT2D eigenvalue weighted by molar-refractivity contribution is 0.214. The highest BCUT2D eigenvalue weighted by atomic mass is 35.5. The Bertz CT molecular complexity index is 920. The maximum absolute atomic E-state index is 14.0. The number of halogens is 1. The lowest BCUT2D eigenvalue weighted by Crippen LogP contribution is -2.21. The summed E-state index contributed by atoms with van der Waals surface area (Å²) in [6, 6.07) is 7.19. The van der Waals surface area contributed by atoms with E-state index >= 15 is 0 Å². The average Bonchev–Trinajstić information content (AvgIpc) is 2.66. The van der Waals surface area contributed by atoms with Crippen LogP contribution in [0.1, 0.15) is 77.9 Å². The molecule has 8 heteroatoms. The van der Waals surface area contributed by atoms with Gasteiger partial charge in [0.05, 0.1) is 25.1 Å². The van der Waals surface area contributed by atoms with Gasteiger partial charge in [-0.15, -0.1) is 0 Å². The monoisotopic (exact) mass is 482 g/mol. The number of rotatable bonds is 8. The topological polar surface area (TPSA) is 80.7 Å². The van der Waals surface area contributed by atoms with E-state index in [2.05, 4.69) is 10.3 Å². The second-order valence-electron chi connectivity index (χ2n) is 9.76. The first kappa shape index (κ1) is 26.7. The summed E-state index contributed by atoms with van der Waals surface area (Å²) in [6.07, 6.45) is 1.58. The minimum atomic E-state index is -3.64. The van der Waals surface area contributed by atoms with Gasteiger partial charge in [0.25, 0.3) is 0 Å². The number of hydrogen-bond acceptors (Lipinski definition) is 6. The predicted octanol–water partition coefficient (Wildman–Crippen LogP) is 7.41. The fraction of sp³-hybridized carbons (Fsp3) is 0.542. The summed E-state index contributed by atoms with van der Waals surface area (Å²) in [4.78, 5) is 4.12. The molecule has 2 rings (SSSR count). The van der Waals surface area contributed by atoms with Crippen LogP contribution in [0.3, 0.4) is 0 Å². The molecule has 178 valence electrons. The molecule has 1 aromatic heterocycles. The molecule has 1 unspecified atom stereocenters. The van der Waals surface area contributed by atoms with Gasteiger partial charge in [0, 0.05) is 0 Å². The van der Waals surface area contributed by atoms with Gasteiger partial charge >= 0.3 is 7.60 Å². The molecule has 6 nitrogen and oxygen atoms in total. The van der Waals surface area contributed by atoms with E-state index < -0.39 is 13.4 Å². The Kier molecular flexibility index (Phi) is 8.44. The van der Waals surface area contributed by atoms with Gasteiger partial charge in [-0.3, -0.25) is 4.57 Å². The fourth-order valence-corrected chi connectivity index (χ4v) is 5.49. The first-order valence-electron chi connectivity index (χ1n) is 10.9. The molecule has 0 saturated heterocycles. The van der Waals surface area contributed by atoms with Crippen LogP contribution < -0.4 is 5.32 Å². The Hall–Kier alpha value is -1.59. The number of pyridine rings is 1. The Morgan fingerprint density at radius 3 is 1.91 bits per heavy atom. The smallest absolute Gasteiger partial charge is 0.357 e. The third kappa shape index (κ3) is 6.26. The second kappa shape index (κ2) is 10.1. The van der Waals surface area contributed by atoms with Crippen molar-refractivity contribution in [3.05, 3.63) is 52.3 Å². The third-order valence-corrected chi connectivity index (χ3v) is 7.55. The van der Waals surface area contributed by atoms with E-state index in [4.69, 9.17) is 20.6 Å². The molecule has 1 atom stereocenters. The van der Waals surface area contributed by atoms with Crippen molar-refractivity contribution in [2.24, 2.45) is 0 Å². The zero-order valence-corrected chi connectivity index (χ0v) is 22.0. The third-order valence-electron chi connectivity index (χ3n) is 5.03. The molecular weight excluding hydrogens is 447 g/mol. The molecule has 0 fully saturated rings. The van der Waals surface area contributed by atoms with Gasteiger partial charge in [0.15, 0.2) is 5.78 Å². The van der Waals surface area contributed by atoms with Crippen LogP contribution in [0.5, 0.6) is 5.75 Å². The van der Waals surface area contributed by atoms with Gasteiger partial charge in [-0.1, -0.05) is 53.1 Å². The van der Waals surface area contributed by atoms with Crippen LogP contribution in [-0.4, -0.2) is 23.3 Å². The molecule has 2 aromatic rings. The van der Waals surface area contributed by atoms with E-state index in [9.17, 15) is 9.67 Å². The van der Waals surface area contributed by atoms with Gasteiger partial charge in [0.2, 0.25) is 0 Å². The Morgan fingerprint density at radius 1 is 1.03 bits per heavy atom. The maximum Gasteiger partial charge on any atom is 0.357 e. The zero-order valence-electron chi connectivity index (χ0n) is 20.3. The highest BCUT2D eigenvalue weighted by molar-refractivity contribution is 7.54. The van der Waals surface area contributed by atoms with Crippen LogP contribution in [-0.2, 0) is 24.4 Å². The molecular formula is C24H36ClN2O4P. The molecule has 0 aliphatic heterocycles. The Morgan fingerprint density at radius 2 is 1.53 bits per heavy atom. The molecule has 0 bridgehead atoms. The maximum atomic E-state index is 14.0. The van der Waals surface area contributed by atoms with Crippen molar-refractivity contribution in [1.29, 1.82) is 0 Å². The fourth-order valence-electron chi connectivity index (χ4n) is 3.47. The molecule has 0 aliphatic carbocycles. The molecule has 1 aromatic carbocycles. The van der Waals surface area contributed by atoms with Crippen LogP contribution in [0.15, 0.2) is 30.5 Å². The van der Waals surface area contributed by atoms with Crippen LogP contribution in [0, 0.1) is 0 Å². The van der Waals surface area contributed by atoms with Crippen LogP contribution in [0.25, 0.3) is 0 Å². The van der Waals surface area contributed by atoms with Crippen molar-refractivity contribution < 1.29 is 18.7 Å². The van der Waals surface area contributed by atoms with Crippen molar-refractivity contribution >= 4 is 24.9 Å². The molecule has 0 radical (unpaired) electrons. The minimum Gasteiger partial charge on any atom is -0.507 e. The number of hydrogen-bond donors (Lipinski definition) is 2. The number of nitrogens with one attached hydrogen (secondary N) is 1. The molecule has 0 saturated carbocycles. The molecule has 0 amide bonds. The molecule has 0 aliphatic rings. The highest BCUT2D eigenvalue weighted by Gasteiger charge is 2.39. The summed E-state index contributed by atoms with van der Waals surface area (Å²) in [7, 11) is -3.64. The van der Waals surface area contributed by atoms with E-state index in [1.54, 1.807) is 32.2 Å².